The van der Waals surface area contributed by atoms with E-state index in [9.17, 15) is 9.59 Å². The van der Waals surface area contributed by atoms with Gasteiger partial charge in [-0.15, -0.1) is 0 Å². The van der Waals surface area contributed by atoms with Gasteiger partial charge in [-0.3, -0.25) is 4.79 Å². The Labute approximate surface area is 111 Å². The zero-order valence-electron chi connectivity index (χ0n) is 11.1. The first-order valence-corrected chi connectivity index (χ1v) is 5.99. The van der Waals surface area contributed by atoms with Crippen molar-refractivity contribution in [2.75, 3.05) is 18.8 Å². The number of nitrogen functional groups attached to an aromatic ring is 1. The third kappa shape index (κ3) is 4.82. The minimum absolute atomic E-state index is 0.187. The van der Waals surface area contributed by atoms with Crippen LogP contribution in [0.2, 0.25) is 0 Å². The monoisotopic (exact) mass is 265 g/mol. The molecule has 0 unspecified atom stereocenters. The van der Waals surface area contributed by atoms with E-state index in [0.717, 1.165) is 5.69 Å². The number of amides is 3. The molecule has 0 spiro atoms. The molecule has 0 bridgehead atoms. The third-order valence-electron chi connectivity index (χ3n) is 2.43. The fourth-order valence-corrected chi connectivity index (χ4v) is 1.46. The average molecular weight is 265 g/mol. The van der Waals surface area contributed by atoms with E-state index in [1.54, 1.807) is 6.07 Å². The van der Waals surface area contributed by atoms with Crippen molar-refractivity contribution < 1.29 is 9.59 Å². The maximum atomic E-state index is 11.9. The lowest BCUT2D eigenvalue weighted by atomic mass is 10.1. The number of hydrogen-bond acceptors (Lipinski definition) is 4. The first-order valence-electron chi connectivity index (χ1n) is 5.99. The summed E-state index contributed by atoms with van der Waals surface area (Å²) in [5.41, 5.74) is 11.8. The van der Waals surface area contributed by atoms with Crippen LogP contribution in [-0.4, -0.2) is 30.0 Å². The molecule has 0 fully saturated rings. The summed E-state index contributed by atoms with van der Waals surface area (Å²) in [6.07, 6.45) is 0. The molecule has 7 heteroatoms. The van der Waals surface area contributed by atoms with Crippen LogP contribution in [0, 0.1) is 0 Å². The lowest BCUT2D eigenvalue weighted by Crippen LogP contribution is -2.37. The number of nitrogens with one attached hydrogen (secondary N) is 2. The highest BCUT2D eigenvalue weighted by atomic mass is 16.2. The molecule has 3 amide bonds. The highest BCUT2D eigenvalue weighted by Gasteiger charge is 2.10. The number of primary amides is 1. The van der Waals surface area contributed by atoms with E-state index in [-0.39, 0.29) is 18.4 Å². The first-order chi connectivity index (χ1) is 8.90. The maximum absolute atomic E-state index is 11.9. The lowest BCUT2D eigenvalue weighted by molar-refractivity contribution is 0.0953. The van der Waals surface area contributed by atoms with Crippen LogP contribution in [0.5, 0.6) is 0 Å². The van der Waals surface area contributed by atoms with Gasteiger partial charge in [0.15, 0.2) is 0 Å². The van der Waals surface area contributed by atoms with Crippen molar-refractivity contribution in [1.82, 2.24) is 15.6 Å². The topological polar surface area (TPSA) is 123 Å². The number of pyridine rings is 1. The Morgan fingerprint density at radius 2 is 1.89 bits per heavy atom. The smallest absolute Gasteiger partial charge is 0.312 e. The molecule has 0 saturated heterocycles. The van der Waals surface area contributed by atoms with Crippen LogP contribution in [0.25, 0.3) is 0 Å². The number of carbonyl (C=O) groups is 2. The molecule has 7 nitrogen and oxygen atoms in total. The maximum Gasteiger partial charge on any atom is 0.312 e. The minimum atomic E-state index is -0.621. The van der Waals surface area contributed by atoms with Crippen LogP contribution in [-0.2, 0) is 0 Å². The minimum Gasteiger partial charge on any atom is -0.384 e. The van der Waals surface area contributed by atoms with Gasteiger partial charge in [0.1, 0.15) is 5.82 Å². The fourth-order valence-electron chi connectivity index (χ4n) is 1.46. The van der Waals surface area contributed by atoms with Gasteiger partial charge in [0.2, 0.25) is 0 Å². The van der Waals surface area contributed by atoms with Crippen molar-refractivity contribution in [2.45, 2.75) is 19.8 Å². The predicted molar refractivity (Wildman–Crippen MR) is 72.7 cm³/mol. The Hall–Kier alpha value is -2.31. The van der Waals surface area contributed by atoms with Gasteiger partial charge in [-0.05, 0) is 18.1 Å². The second-order valence-corrected chi connectivity index (χ2v) is 4.41. The molecule has 6 N–H and O–H groups in total. The van der Waals surface area contributed by atoms with E-state index in [1.165, 1.54) is 6.07 Å². The predicted octanol–water partition coefficient (Wildman–Crippen LogP) is 0.185. The van der Waals surface area contributed by atoms with Crippen molar-refractivity contribution in [3.63, 3.8) is 0 Å². The van der Waals surface area contributed by atoms with Crippen LogP contribution in [0.3, 0.4) is 0 Å². The Morgan fingerprint density at radius 1 is 1.26 bits per heavy atom. The molecule has 1 rings (SSSR count). The number of anilines is 1. The van der Waals surface area contributed by atoms with Gasteiger partial charge in [-0.2, -0.15) is 0 Å². The quantitative estimate of drug-likeness (QED) is 0.567. The van der Waals surface area contributed by atoms with Crippen LogP contribution in [0.15, 0.2) is 12.1 Å². The zero-order valence-corrected chi connectivity index (χ0v) is 11.1. The van der Waals surface area contributed by atoms with E-state index in [0.29, 0.717) is 17.9 Å². The number of rotatable bonds is 5. The van der Waals surface area contributed by atoms with E-state index in [2.05, 4.69) is 15.6 Å². The second-order valence-electron chi connectivity index (χ2n) is 4.41. The van der Waals surface area contributed by atoms with Crippen molar-refractivity contribution >= 4 is 17.8 Å². The molecule has 0 radical (unpaired) electrons. The molecule has 0 aliphatic rings. The average Bonchev–Trinajstić information content (AvgIpc) is 2.33. The Morgan fingerprint density at radius 3 is 2.47 bits per heavy atom. The third-order valence-corrected chi connectivity index (χ3v) is 2.43. The summed E-state index contributed by atoms with van der Waals surface area (Å²) in [5, 5.41) is 5.04. The molecule has 0 saturated carbocycles. The molecule has 104 valence electrons. The summed E-state index contributed by atoms with van der Waals surface area (Å²) in [5.74, 6) is 0.237. The summed E-state index contributed by atoms with van der Waals surface area (Å²) in [6.45, 7) is 4.51. The first kappa shape index (κ1) is 14.7. The Balaban J connectivity index is 2.64. The van der Waals surface area contributed by atoms with Gasteiger partial charge in [0, 0.05) is 24.3 Å². The SMILES string of the molecule is CC(C)c1cc(C(=O)NCCNC(N)=O)cc(N)n1. The molecule has 0 atom stereocenters. The highest BCUT2D eigenvalue weighted by Crippen LogP contribution is 2.15. The van der Waals surface area contributed by atoms with Gasteiger partial charge < -0.3 is 22.1 Å². The summed E-state index contributed by atoms with van der Waals surface area (Å²) in [6, 6.07) is 2.60. The van der Waals surface area contributed by atoms with Crippen LogP contribution in [0.1, 0.15) is 35.8 Å². The van der Waals surface area contributed by atoms with Crippen molar-refractivity contribution in [1.29, 1.82) is 0 Å². The molecule has 1 heterocycles. The van der Waals surface area contributed by atoms with Gasteiger partial charge in [-0.1, -0.05) is 13.8 Å². The summed E-state index contributed by atoms with van der Waals surface area (Å²) >= 11 is 0. The van der Waals surface area contributed by atoms with Crippen molar-refractivity contribution in [2.24, 2.45) is 5.73 Å². The van der Waals surface area contributed by atoms with Crippen molar-refractivity contribution in [3.8, 4) is 0 Å². The molecular formula is C12H19N5O2. The van der Waals surface area contributed by atoms with Gasteiger partial charge in [0.25, 0.3) is 5.91 Å². The van der Waals surface area contributed by atoms with E-state index in [4.69, 9.17) is 11.5 Å². The zero-order chi connectivity index (χ0) is 14.4. The highest BCUT2D eigenvalue weighted by molar-refractivity contribution is 5.94. The summed E-state index contributed by atoms with van der Waals surface area (Å²) < 4.78 is 0. The number of carbonyl (C=O) groups excluding carboxylic acids is 2. The van der Waals surface area contributed by atoms with E-state index >= 15 is 0 Å². The van der Waals surface area contributed by atoms with E-state index < -0.39 is 6.03 Å². The lowest BCUT2D eigenvalue weighted by Gasteiger charge is -2.10. The molecule has 19 heavy (non-hydrogen) atoms. The van der Waals surface area contributed by atoms with Gasteiger partial charge in [-0.25, -0.2) is 9.78 Å². The number of hydrogen-bond donors (Lipinski definition) is 4. The number of aromatic nitrogens is 1. The summed E-state index contributed by atoms with van der Waals surface area (Å²) in [7, 11) is 0. The number of nitrogens with zero attached hydrogens (tertiary/aromatic N) is 1. The Bertz CT molecular complexity index is 473. The van der Waals surface area contributed by atoms with Gasteiger partial charge in [0.05, 0.1) is 0 Å². The second kappa shape index (κ2) is 6.58. The number of urea groups is 1. The molecule has 0 aliphatic carbocycles. The molecule has 0 aliphatic heterocycles. The Kier molecular flexibility index (Phi) is 5.11. The standard InChI is InChI=1S/C12H19N5O2/c1-7(2)9-5-8(6-10(13)17-9)11(18)15-3-4-16-12(14)19/h5-7H,3-4H2,1-2H3,(H2,13,17)(H,15,18)(H3,14,16,19). The van der Waals surface area contributed by atoms with Crippen LogP contribution < -0.4 is 22.1 Å². The van der Waals surface area contributed by atoms with Crippen LogP contribution >= 0.6 is 0 Å². The molecule has 0 aromatic carbocycles. The van der Waals surface area contributed by atoms with Crippen LogP contribution in [0.4, 0.5) is 10.6 Å². The molecule has 1 aromatic heterocycles. The molecular weight excluding hydrogens is 246 g/mol. The fraction of sp³-hybridized carbons (Fsp3) is 0.417. The molecule has 1 aromatic rings. The largest absolute Gasteiger partial charge is 0.384 e. The normalized spacial score (nSPS) is 10.3. The number of nitrogens with two attached hydrogens (primary N) is 2. The van der Waals surface area contributed by atoms with Gasteiger partial charge >= 0.3 is 6.03 Å². The van der Waals surface area contributed by atoms with E-state index in [1.807, 2.05) is 13.8 Å². The van der Waals surface area contributed by atoms with Crippen molar-refractivity contribution in [3.05, 3.63) is 23.4 Å². The summed E-state index contributed by atoms with van der Waals surface area (Å²) in [4.78, 5) is 26.5.